The van der Waals surface area contributed by atoms with Crippen LogP contribution >= 0.6 is 0 Å². The Morgan fingerprint density at radius 3 is 0.784 bits per heavy atom. The summed E-state index contributed by atoms with van der Waals surface area (Å²) in [7, 11) is 0. The molecule has 12 N–H and O–H groups in total. The van der Waals surface area contributed by atoms with Crippen molar-refractivity contribution in [1.82, 2.24) is 0 Å². The minimum absolute atomic E-state index is 0.141. The Hall–Kier alpha value is -6.73. The molecule has 38 nitrogen and oxygen atoms in total. The summed E-state index contributed by atoms with van der Waals surface area (Å²) in [5.41, 5.74) is -5.67. The number of hydrogen-bond acceptors (Lipinski definition) is 38. The highest BCUT2D eigenvalue weighted by Crippen LogP contribution is 2.31. The van der Waals surface area contributed by atoms with Crippen LogP contribution in [0.25, 0.3) is 0 Å². The quantitative estimate of drug-likeness (QED) is 0.00774. The average molecular weight is 1470 g/mol. The monoisotopic (exact) mass is 1470 g/mol. The summed E-state index contributed by atoms with van der Waals surface area (Å²) < 4.78 is 60.5. The standard InChI is InChI=1S/C64H102N4O34/c1-13-14-15-24-88-59(85)64(12,29-93-60(86)62(10,25-89-39(69)20-16-31(2)65-99-55-51(81)47(77)43(73)35(6)95-55)26-90-40(70)21-17-32(3)66-100-56-52(82)48(78)44(74)36(7)96-56)30-94-61(87)63(11,27-91-41(71)22-18-33(4)67-101-57-53(83)49(79)45(75)37(8)97-57)28-92-42(72)23-19-34(5)68-102-58-54(84)50(80)46(76)38(9)98-58/h13,35-38,43-58,73-84H,1,14-30H2,2-12H3/b65-31-,66-32+,67-33+,68-34+/t35-,36-,37-,38-,43+,44+,45+,46+,47+,48+,49+,50+,51-,52-,53-,54-,55-,56-,57-,58-,62?,64?/m0/s1. The van der Waals surface area contributed by atoms with Crippen LogP contribution in [0.4, 0.5) is 0 Å². The molecule has 4 aliphatic rings. The highest BCUT2D eigenvalue weighted by Gasteiger charge is 2.49. The number of allylic oxidation sites excluding steroid dienone is 1. The van der Waals surface area contributed by atoms with E-state index in [0.717, 1.165) is 0 Å². The zero-order valence-electron chi connectivity index (χ0n) is 59.0. The second kappa shape index (κ2) is 41.1. The highest BCUT2D eigenvalue weighted by molar-refractivity contribution is 5.88. The van der Waals surface area contributed by atoms with Crippen molar-refractivity contribution in [1.29, 1.82) is 0 Å². The lowest BCUT2D eigenvalue weighted by Crippen LogP contribution is -2.57. The molecule has 4 saturated heterocycles. The lowest BCUT2D eigenvalue weighted by Gasteiger charge is -2.37. The van der Waals surface area contributed by atoms with Gasteiger partial charge in [0.25, 0.3) is 25.2 Å². The number of oxime groups is 4. The van der Waals surface area contributed by atoms with E-state index in [1.165, 1.54) is 76.2 Å². The average Bonchev–Trinajstić information content (AvgIpc) is 0.838. The van der Waals surface area contributed by atoms with Gasteiger partial charge in [-0.1, -0.05) is 26.7 Å². The number of nitrogens with zero attached hydrogens (tertiary/aromatic N) is 4. The maximum absolute atomic E-state index is 14.5. The van der Waals surface area contributed by atoms with Crippen LogP contribution in [-0.2, 0) is 105 Å². The topological polar surface area (TPSA) is 550 Å². The number of unbranched alkanes of at least 4 members (excludes halogenated alkanes) is 1. The molecule has 582 valence electrons. The minimum atomic E-state index is -2.12. The van der Waals surface area contributed by atoms with Gasteiger partial charge in [-0.2, -0.15) is 0 Å². The van der Waals surface area contributed by atoms with Crippen molar-refractivity contribution >= 4 is 64.6 Å². The van der Waals surface area contributed by atoms with E-state index in [0.29, 0.717) is 6.42 Å². The summed E-state index contributed by atoms with van der Waals surface area (Å²) in [6.07, 6.45) is -28.7. The van der Waals surface area contributed by atoms with E-state index >= 15 is 0 Å². The third-order valence-corrected chi connectivity index (χ3v) is 16.8. The van der Waals surface area contributed by atoms with Crippen LogP contribution in [-0.4, -0.2) is 295 Å². The van der Waals surface area contributed by atoms with Crippen LogP contribution in [0.3, 0.4) is 0 Å². The van der Waals surface area contributed by atoms with E-state index in [4.69, 9.17) is 71.5 Å². The van der Waals surface area contributed by atoms with Crippen molar-refractivity contribution in [2.45, 2.75) is 263 Å². The van der Waals surface area contributed by atoms with Gasteiger partial charge < -0.3 is 133 Å². The fraction of sp³-hybridized carbons (Fsp3) is 0.797. The number of hydrogen-bond donors (Lipinski definition) is 12. The predicted octanol–water partition coefficient (Wildman–Crippen LogP) is -2.23. The highest BCUT2D eigenvalue weighted by atomic mass is 16.8. The Balaban J connectivity index is 1.55. The summed E-state index contributed by atoms with van der Waals surface area (Å²) in [4.78, 5) is 117. The summed E-state index contributed by atoms with van der Waals surface area (Å²) in [5.74, 6) is -7.34. The molecular weight excluding hydrogens is 1370 g/mol. The second-order valence-corrected chi connectivity index (χ2v) is 26.5. The van der Waals surface area contributed by atoms with Gasteiger partial charge >= 0.3 is 41.8 Å². The molecule has 22 atom stereocenters. The summed E-state index contributed by atoms with van der Waals surface area (Å²) in [6, 6.07) is 0. The number of carbonyl (C=O) groups excluding carboxylic acids is 7. The first-order valence-corrected chi connectivity index (χ1v) is 33.1. The van der Waals surface area contributed by atoms with Crippen LogP contribution in [0.5, 0.6) is 0 Å². The van der Waals surface area contributed by atoms with E-state index < -0.39 is 246 Å². The van der Waals surface area contributed by atoms with E-state index in [9.17, 15) is 94.8 Å². The number of rotatable bonds is 39. The molecule has 0 aromatic heterocycles. The number of aliphatic hydroxyl groups is 12. The molecule has 0 amide bonds. The first-order valence-electron chi connectivity index (χ1n) is 33.1. The van der Waals surface area contributed by atoms with E-state index in [1.54, 1.807) is 6.08 Å². The smallest absolute Gasteiger partial charge is 0.318 e. The molecule has 4 fully saturated rings. The van der Waals surface area contributed by atoms with Crippen molar-refractivity contribution < 1.29 is 166 Å². The summed E-state index contributed by atoms with van der Waals surface area (Å²) >= 11 is 0. The molecule has 4 rings (SSSR count). The Bertz CT molecular complexity index is 2560. The van der Waals surface area contributed by atoms with Crippen LogP contribution in [0, 0.1) is 16.2 Å². The van der Waals surface area contributed by atoms with Crippen LogP contribution < -0.4 is 0 Å². The van der Waals surface area contributed by atoms with Crippen molar-refractivity contribution in [3.63, 3.8) is 0 Å². The Morgan fingerprint density at radius 2 is 0.559 bits per heavy atom. The summed E-state index contributed by atoms with van der Waals surface area (Å²) in [6.45, 7) is 13.2. The lowest BCUT2D eigenvalue weighted by molar-refractivity contribution is -0.293. The molecule has 102 heavy (non-hydrogen) atoms. The normalized spacial score (nSPS) is 31.5. The van der Waals surface area contributed by atoms with Crippen LogP contribution in [0.2, 0.25) is 0 Å². The first kappa shape index (κ1) is 87.7. The molecule has 0 aliphatic carbocycles. The van der Waals surface area contributed by atoms with Gasteiger partial charge in [-0.15, -0.1) is 6.58 Å². The zero-order valence-corrected chi connectivity index (χ0v) is 59.0. The largest absolute Gasteiger partial charge is 0.465 e. The van der Waals surface area contributed by atoms with Crippen LogP contribution in [0.15, 0.2) is 33.3 Å². The third-order valence-electron chi connectivity index (χ3n) is 16.8. The third kappa shape index (κ3) is 26.4. The number of esters is 7. The first-order chi connectivity index (χ1) is 47.8. The van der Waals surface area contributed by atoms with Crippen molar-refractivity contribution in [2.75, 3.05) is 46.2 Å². The number of aliphatic hydroxyl groups excluding tert-OH is 12. The molecule has 0 aromatic rings. The predicted molar refractivity (Wildman–Crippen MR) is 344 cm³/mol. The van der Waals surface area contributed by atoms with Crippen molar-refractivity contribution in [3.05, 3.63) is 12.7 Å². The molecule has 0 aromatic carbocycles. The second-order valence-electron chi connectivity index (χ2n) is 26.5. The van der Waals surface area contributed by atoms with Crippen LogP contribution in [0.1, 0.15) is 140 Å². The maximum Gasteiger partial charge on any atom is 0.318 e. The molecule has 0 bridgehead atoms. The number of carbonyl (C=O) groups is 7. The van der Waals surface area contributed by atoms with Gasteiger partial charge in [0.1, 0.15) is 129 Å². The Kier molecular flexibility index (Phi) is 35.3. The molecule has 4 heterocycles. The lowest BCUT2D eigenvalue weighted by atomic mass is 9.90. The fourth-order valence-electron chi connectivity index (χ4n) is 9.38. The van der Waals surface area contributed by atoms with Gasteiger partial charge in [0.15, 0.2) is 0 Å². The van der Waals surface area contributed by atoms with Gasteiger partial charge in [-0.3, -0.25) is 33.6 Å². The Morgan fingerprint density at radius 1 is 0.343 bits per heavy atom. The minimum Gasteiger partial charge on any atom is -0.465 e. The van der Waals surface area contributed by atoms with Gasteiger partial charge in [-0.05, 0) is 115 Å². The molecule has 2 unspecified atom stereocenters. The Labute approximate surface area is 588 Å². The maximum atomic E-state index is 14.5. The molecule has 0 spiro atoms. The van der Waals surface area contributed by atoms with Crippen molar-refractivity contribution in [3.8, 4) is 0 Å². The van der Waals surface area contributed by atoms with Gasteiger partial charge in [-0.25, -0.2) is 0 Å². The summed E-state index contributed by atoms with van der Waals surface area (Å²) in [5, 5.41) is 137. The van der Waals surface area contributed by atoms with Crippen molar-refractivity contribution in [2.24, 2.45) is 36.9 Å². The van der Waals surface area contributed by atoms with E-state index in [2.05, 4.69) is 27.2 Å². The van der Waals surface area contributed by atoms with Gasteiger partial charge in [0, 0.05) is 0 Å². The van der Waals surface area contributed by atoms with E-state index in [-0.39, 0.29) is 61.6 Å². The number of ether oxygens (including phenoxy) is 11. The molecular formula is C64H102N4O34. The SMILES string of the molecule is C=CCCCOC(=O)C(C)(COC(=O)C(C)(COC(=O)CC/C(C)=N\O[C@@H]1O[C@@H](C)[C@@H](O)[C@@H](O)[C@@H]1O)COC(=O)CC/C(C)=N/O[C@@H]1O[C@@H](C)[C@@H](O)[C@@H](O)[C@@H]1O)COC(=O)C(C)(COC(=O)CC/C(C)=N/O[C@@H]1O[C@@H](C)[C@@H](O)[C@@H](O)[C@@H]1O)COC(=O)CC/C(C)=N/O[C@@H]1O[C@@H](C)[C@@H](O)[C@@H](O)[C@@H]1O. The van der Waals surface area contributed by atoms with Gasteiger partial charge in [0.2, 0.25) is 0 Å². The molecule has 4 aliphatic heterocycles. The molecule has 0 saturated carbocycles. The zero-order chi connectivity index (χ0) is 76.6. The van der Waals surface area contributed by atoms with E-state index in [1.807, 2.05) is 0 Å². The molecule has 38 heteroatoms. The fourth-order valence-corrected chi connectivity index (χ4v) is 9.38. The van der Waals surface area contributed by atoms with Gasteiger partial charge in [0.05, 0.1) is 79.6 Å². The molecule has 0 radical (unpaired) electrons.